The molecule has 1 amide bonds. The summed E-state index contributed by atoms with van der Waals surface area (Å²) in [6, 6.07) is 5.41. The van der Waals surface area contributed by atoms with E-state index in [0.29, 0.717) is 32.0 Å². The van der Waals surface area contributed by atoms with Crippen molar-refractivity contribution in [2.45, 2.75) is 17.7 Å². The predicted octanol–water partition coefficient (Wildman–Crippen LogP) is 1.49. The van der Waals surface area contributed by atoms with Crippen molar-refractivity contribution in [3.8, 4) is 0 Å². The first-order chi connectivity index (χ1) is 13.7. The number of carbonyl (C=O) groups excluding carboxylic acids is 1. The van der Waals surface area contributed by atoms with Crippen molar-refractivity contribution >= 4 is 15.9 Å². The van der Waals surface area contributed by atoms with Crippen LogP contribution in [-0.4, -0.2) is 43.4 Å². The molecule has 0 aliphatic carbocycles. The largest absolute Gasteiger partial charge is 0.338 e. The summed E-state index contributed by atoms with van der Waals surface area (Å²) in [4.78, 5) is 25.6. The minimum absolute atomic E-state index is 0.0454. The van der Waals surface area contributed by atoms with Gasteiger partial charge in [0.05, 0.1) is 0 Å². The van der Waals surface area contributed by atoms with Crippen LogP contribution in [0.4, 0.5) is 8.78 Å². The molecule has 0 unspecified atom stereocenters. The molecule has 7 nitrogen and oxygen atoms in total. The number of piperidine rings is 1. The van der Waals surface area contributed by atoms with Gasteiger partial charge in [-0.2, -0.15) is 0 Å². The molecule has 0 atom stereocenters. The van der Waals surface area contributed by atoms with Gasteiger partial charge in [0.25, 0.3) is 11.5 Å². The van der Waals surface area contributed by atoms with Gasteiger partial charge in [0.1, 0.15) is 22.1 Å². The van der Waals surface area contributed by atoms with E-state index in [1.807, 2.05) is 0 Å². The molecule has 0 saturated carbocycles. The van der Waals surface area contributed by atoms with Crippen LogP contribution in [0.25, 0.3) is 0 Å². The maximum atomic E-state index is 13.7. The molecule has 1 aromatic carbocycles. The van der Waals surface area contributed by atoms with Crippen molar-refractivity contribution in [2.24, 2.45) is 13.0 Å². The Bertz CT molecular complexity index is 1080. The van der Waals surface area contributed by atoms with E-state index in [4.69, 9.17) is 0 Å². The van der Waals surface area contributed by atoms with E-state index in [1.165, 1.54) is 10.6 Å². The van der Waals surface area contributed by atoms with Gasteiger partial charge in [-0.25, -0.2) is 21.9 Å². The van der Waals surface area contributed by atoms with Gasteiger partial charge in [-0.3, -0.25) is 9.59 Å². The number of sulfonamides is 1. The number of likely N-dealkylation sites (tertiary alicyclic amines) is 1. The summed E-state index contributed by atoms with van der Waals surface area (Å²) in [5, 5.41) is 0. The maximum absolute atomic E-state index is 13.7. The molecule has 1 N–H and O–H groups in total. The Morgan fingerprint density at radius 3 is 2.55 bits per heavy atom. The van der Waals surface area contributed by atoms with Gasteiger partial charge >= 0.3 is 0 Å². The number of pyridine rings is 1. The summed E-state index contributed by atoms with van der Waals surface area (Å²) in [5.41, 5.74) is -0.269. The molecule has 1 aliphatic heterocycles. The highest BCUT2D eigenvalue weighted by Gasteiger charge is 2.27. The predicted molar refractivity (Wildman–Crippen MR) is 102 cm³/mol. The van der Waals surface area contributed by atoms with Crippen molar-refractivity contribution in [1.82, 2.24) is 14.2 Å². The van der Waals surface area contributed by atoms with Crippen LogP contribution in [-0.2, 0) is 17.1 Å². The van der Waals surface area contributed by atoms with Crippen molar-refractivity contribution < 1.29 is 22.0 Å². The van der Waals surface area contributed by atoms with E-state index in [9.17, 15) is 26.8 Å². The Morgan fingerprint density at radius 1 is 1.21 bits per heavy atom. The summed E-state index contributed by atoms with van der Waals surface area (Å²) < 4.78 is 54.9. The second-order valence-electron chi connectivity index (χ2n) is 7.00. The highest BCUT2D eigenvalue weighted by atomic mass is 32.2. The number of hydrogen-bond acceptors (Lipinski definition) is 4. The molecule has 1 saturated heterocycles. The Kier molecular flexibility index (Phi) is 6.13. The van der Waals surface area contributed by atoms with Gasteiger partial charge in [-0.1, -0.05) is 0 Å². The zero-order valence-electron chi connectivity index (χ0n) is 15.8. The van der Waals surface area contributed by atoms with Crippen LogP contribution >= 0.6 is 0 Å². The number of benzene rings is 1. The number of halogens is 2. The van der Waals surface area contributed by atoms with Crippen LogP contribution in [0, 0.1) is 17.6 Å². The lowest BCUT2D eigenvalue weighted by Gasteiger charge is -2.32. The van der Waals surface area contributed by atoms with Crippen LogP contribution in [0.1, 0.15) is 23.2 Å². The third kappa shape index (κ3) is 4.70. The minimum Gasteiger partial charge on any atom is -0.338 e. The molecule has 0 bridgehead atoms. The first kappa shape index (κ1) is 21.1. The van der Waals surface area contributed by atoms with Crippen molar-refractivity contribution in [3.63, 3.8) is 0 Å². The molecule has 3 rings (SSSR count). The van der Waals surface area contributed by atoms with Gasteiger partial charge in [0, 0.05) is 38.9 Å². The third-order valence-corrected chi connectivity index (χ3v) is 6.46. The highest BCUT2D eigenvalue weighted by molar-refractivity contribution is 7.89. The molecule has 1 aromatic heterocycles. The average molecular weight is 425 g/mol. The SMILES string of the molecule is Cn1cccc(C(=O)N2CCC(CNS(=O)(=O)c3ccc(F)cc3F)CC2)c1=O. The lowest BCUT2D eigenvalue weighted by atomic mass is 9.97. The highest BCUT2D eigenvalue weighted by Crippen LogP contribution is 2.20. The van der Waals surface area contributed by atoms with Gasteiger partial charge in [-0.15, -0.1) is 0 Å². The molecule has 156 valence electrons. The summed E-state index contributed by atoms with van der Waals surface area (Å²) >= 11 is 0. The zero-order chi connectivity index (χ0) is 21.2. The number of carbonyl (C=O) groups is 1. The molecule has 0 radical (unpaired) electrons. The molecule has 2 heterocycles. The van der Waals surface area contributed by atoms with Gasteiger partial charge in [0.2, 0.25) is 10.0 Å². The first-order valence-corrected chi connectivity index (χ1v) is 10.6. The second kappa shape index (κ2) is 8.42. The van der Waals surface area contributed by atoms with E-state index in [0.717, 1.165) is 12.1 Å². The molecule has 1 fully saturated rings. The minimum atomic E-state index is -4.11. The normalized spacial score (nSPS) is 15.5. The number of amides is 1. The fourth-order valence-electron chi connectivity index (χ4n) is 3.27. The van der Waals surface area contributed by atoms with Crippen LogP contribution in [0.2, 0.25) is 0 Å². The molecule has 29 heavy (non-hydrogen) atoms. The lowest BCUT2D eigenvalue weighted by molar-refractivity contribution is 0.0689. The molecule has 0 spiro atoms. The number of nitrogens with one attached hydrogen (secondary N) is 1. The Balaban J connectivity index is 1.58. The number of nitrogens with zero attached hydrogens (tertiary/aromatic N) is 2. The van der Waals surface area contributed by atoms with Gasteiger partial charge in [0.15, 0.2) is 0 Å². The van der Waals surface area contributed by atoms with Crippen LogP contribution in [0.3, 0.4) is 0 Å². The van der Waals surface area contributed by atoms with E-state index >= 15 is 0 Å². The van der Waals surface area contributed by atoms with Gasteiger partial charge < -0.3 is 9.47 Å². The Labute approximate surface area is 167 Å². The fourth-order valence-corrected chi connectivity index (χ4v) is 4.44. The summed E-state index contributed by atoms with van der Waals surface area (Å²) in [7, 11) is -2.54. The van der Waals surface area contributed by atoms with E-state index in [2.05, 4.69) is 4.72 Å². The maximum Gasteiger partial charge on any atom is 0.263 e. The first-order valence-electron chi connectivity index (χ1n) is 9.08. The summed E-state index contributed by atoms with van der Waals surface area (Å²) in [6.45, 7) is 0.844. The molecule has 2 aromatic rings. The summed E-state index contributed by atoms with van der Waals surface area (Å²) in [6.07, 6.45) is 2.64. The fraction of sp³-hybridized carbons (Fsp3) is 0.368. The Morgan fingerprint density at radius 2 is 1.90 bits per heavy atom. The topological polar surface area (TPSA) is 88.5 Å². The number of aryl methyl sites for hydroxylation is 1. The lowest BCUT2D eigenvalue weighted by Crippen LogP contribution is -2.43. The molecular formula is C19H21F2N3O4S. The smallest absolute Gasteiger partial charge is 0.263 e. The second-order valence-corrected chi connectivity index (χ2v) is 8.74. The van der Waals surface area contributed by atoms with Crippen LogP contribution in [0.5, 0.6) is 0 Å². The number of rotatable bonds is 5. The molecule has 10 heteroatoms. The molecule has 1 aliphatic rings. The van der Waals surface area contributed by atoms with Crippen LogP contribution < -0.4 is 10.3 Å². The zero-order valence-corrected chi connectivity index (χ0v) is 16.6. The monoisotopic (exact) mass is 425 g/mol. The van der Waals surface area contributed by atoms with Crippen LogP contribution in [0.15, 0.2) is 46.2 Å². The van der Waals surface area contributed by atoms with E-state index in [-0.39, 0.29) is 29.5 Å². The average Bonchev–Trinajstić information content (AvgIpc) is 2.68. The van der Waals surface area contributed by atoms with Gasteiger partial charge in [-0.05, 0) is 43.0 Å². The number of hydrogen-bond donors (Lipinski definition) is 1. The summed E-state index contributed by atoms with van der Waals surface area (Å²) in [5.74, 6) is -2.40. The molecular weight excluding hydrogens is 404 g/mol. The number of aromatic nitrogens is 1. The van der Waals surface area contributed by atoms with Crippen molar-refractivity contribution in [2.75, 3.05) is 19.6 Å². The van der Waals surface area contributed by atoms with E-state index in [1.54, 1.807) is 24.2 Å². The Hall–Kier alpha value is -2.59. The standard InChI is InChI=1S/C19H21F2N3O4S/c1-23-8-2-3-15(18(23)25)19(26)24-9-6-13(7-10-24)12-22-29(27,28)17-5-4-14(20)11-16(17)21/h2-5,8,11,13,22H,6-7,9-10,12H2,1H3. The van der Waals surface area contributed by atoms with E-state index < -0.39 is 26.6 Å². The quantitative estimate of drug-likeness (QED) is 0.786. The van der Waals surface area contributed by atoms with Crippen molar-refractivity contribution in [1.29, 1.82) is 0 Å². The van der Waals surface area contributed by atoms with Crippen molar-refractivity contribution in [3.05, 3.63) is 64.1 Å². The third-order valence-electron chi connectivity index (χ3n) is 5.00.